The maximum absolute atomic E-state index is 12.5. The molecule has 0 aliphatic rings. The van der Waals surface area contributed by atoms with Gasteiger partial charge in [-0.2, -0.15) is 0 Å². The molecule has 3 aromatic rings. The average Bonchev–Trinajstić information content (AvgIpc) is 3.04. The summed E-state index contributed by atoms with van der Waals surface area (Å²) in [7, 11) is 0. The van der Waals surface area contributed by atoms with Gasteiger partial charge in [-0.15, -0.1) is 0 Å². The molecule has 18 heavy (non-hydrogen) atoms. The molecule has 0 aliphatic carbocycles. The third-order valence-electron chi connectivity index (χ3n) is 3.15. The standard InChI is InChI=1S/C15H13NO2/c1-2-14-11(7-8-18-14)15(17)12-9-16-13-6-4-3-5-10(12)13/h3-9,16H,2H2,1H3. The van der Waals surface area contributed by atoms with Crippen LogP contribution < -0.4 is 0 Å². The van der Waals surface area contributed by atoms with Crippen molar-refractivity contribution in [2.24, 2.45) is 0 Å². The highest BCUT2D eigenvalue weighted by atomic mass is 16.3. The lowest BCUT2D eigenvalue weighted by atomic mass is 10.0. The fraction of sp³-hybridized carbons (Fsp3) is 0.133. The van der Waals surface area contributed by atoms with Gasteiger partial charge in [0.2, 0.25) is 0 Å². The Balaban J connectivity index is 2.13. The van der Waals surface area contributed by atoms with Crippen LogP contribution in [-0.2, 0) is 6.42 Å². The summed E-state index contributed by atoms with van der Waals surface area (Å²) in [5.41, 5.74) is 2.33. The summed E-state index contributed by atoms with van der Waals surface area (Å²) in [6.07, 6.45) is 4.05. The van der Waals surface area contributed by atoms with E-state index in [1.165, 1.54) is 0 Å². The Morgan fingerprint density at radius 2 is 2.06 bits per heavy atom. The third-order valence-corrected chi connectivity index (χ3v) is 3.15. The molecule has 0 aliphatic heterocycles. The van der Waals surface area contributed by atoms with E-state index in [1.807, 2.05) is 31.2 Å². The van der Waals surface area contributed by atoms with Crippen molar-refractivity contribution in [2.45, 2.75) is 13.3 Å². The SMILES string of the molecule is CCc1occc1C(=O)c1c[nH]c2ccccc12. The van der Waals surface area contributed by atoms with Crippen LogP contribution in [0.15, 0.2) is 47.2 Å². The molecule has 0 spiro atoms. The second-order valence-electron chi connectivity index (χ2n) is 4.19. The first-order valence-electron chi connectivity index (χ1n) is 5.98. The number of para-hydroxylation sites is 1. The molecule has 1 N–H and O–H groups in total. The van der Waals surface area contributed by atoms with E-state index in [1.54, 1.807) is 18.5 Å². The molecule has 1 aromatic carbocycles. The summed E-state index contributed by atoms with van der Waals surface area (Å²) in [6.45, 7) is 1.98. The summed E-state index contributed by atoms with van der Waals surface area (Å²) in [4.78, 5) is 15.6. The number of benzene rings is 1. The average molecular weight is 239 g/mol. The lowest BCUT2D eigenvalue weighted by Crippen LogP contribution is -2.01. The summed E-state index contributed by atoms with van der Waals surface area (Å²) in [6, 6.07) is 9.53. The van der Waals surface area contributed by atoms with E-state index in [9.17, 15) is 4.79 Å². The van der Waals surface area contributed by atoms with Crippen molar-refractivity contribution in [3.8, 4) is 0 Å². The van der Waals surface area contributed by atoms with E-state index >= 15 is 0 Å². The van der Waals surface area contributed by atoms with E-state index in [4.69, 9.17) is 4.42 Å². The minimum absolute atomic E-state index is 0.0121. The monoisotopic (exact) mass is 239 g/mol. The van der Waals surface area contributed by atoms with Gasteiger partial charge in [-0.25, -0.2) is 0 Å². The fourth-order valence-corrected chi connectivity index (χ4v) is 2.22. The molecule has 3 heteroatoms. The number of fused-ring (bicyclic) bond motifs is 1. The number of ketones is 1. The highest BCUT2D eigenvalue weighted by molar-refractivity contribution is 6.16. The van der Waals surface area contributed by atoms with E-state index < -0.39 is 0 Å². The molecule has 90 valence electrons. The molecule has 2 aromatic heterocycles. The molecular formula is C15H13NO2. The largest absolute Gasteiger partial charge is 0.469 e. The molecule has 0 bridgehead atoms. The molecule has 0 fully saturated rings. The van der Waals surface area contributed by atoms with Gasteiger partial charge in [0.25, 0.3) is 0 Å². The van der Waals surface area contributed by atoms with Crippen LogP contribution >= 0.6 is 0 Å². The van der Waals surface area contributed by atoms with Crippen LogP contribution in [0.25, 0.3) is 10.9 Å². The normalized spacial score (nSPS) is 10.9. The molecule has 0 radical (unpaired) electrons. The summed E-state index contributed by atoms with van der Waals surface area (Å²) in [5, 5.41) is 0.950. The van der Waals surface area contributed by atoms with Gasteiger partial charge in [0.1, 0.15) is 5.76 Å². The maximum atomic E-state index is 12.5. The molecule has 2 heterocycles. The number of furan rings is 1. The molecule has 0 unspecified atom stereocenters. The van der Waals surface area contributed by atoms with Crippen LogP contribution in [0.3, 0.4) is 0 Å². The number of aromatic amines is 1. The fourth-order valence-electron chi connectivity index (χ4n) is 2.22. The number of rotatable bonds is 3. The Morgan fingerprint density at radius 1 is 1.22 bits per heavy atom. The predicted molar refractivity (Wildman–Crippen MR) is 69.8 cm³/mol. The summed E-state index contributed by atoms with van der Waals surface area (Å²) in [5.74, 6) is 0.753. The number of nitrogens with one attached hydrogen (secondary N) is 1. The Bertz CT molecular complexity index is 706. The zero-order valence-electron chi connectivity index (χ0n) is 10.1. The highest BCUT2D eigenvalue weighted by Gasteiger charge is 2.18. The Kier molecular flexibility index (Phi) is 2.52. The predicted octanol–water partition coefficient (Wildman–Crippen LogP) is 3.55. The number of carbonyl (C=O) groups excluding carboxylic acids is 1. The zero-order valence-corrected chi connectivity index (χ0v) is 10.1. The maximum Gasteiger partial charge on any atom is 0.198 e. The van der Waals surface area contributed by atoms with Gasteiger partial charge in [-0.05, 0) is 12.1 Å². The van der Waals surface area contributed by atoms with Crippen molar-refractivity contribution >= 4 is 16.7 Å². The van der Waals surface area contributed by atoms with Crippen LogP contribution in [0.2, 0.25) is 0 Å². The zero-order chi connectivity index (χ0) is 12.5. The topological polar surface area (TPSA) is 46.0 Å². The van der Waals surface area contributed by atoms with Crippen LogP contribution in [0.5, 0.6) is 0 Å². The van der Waals surface area contributed by atoms with Crippen molar-refractivity contribution in [1.82, 2.24) is 4.98 Å². The van der Waals surface area contributed by atoms with Crippen LogP contribution in [-0.4, -0.2) is 10.8 Å². The van der Waals surface area contributed by atoms with Crippen LogP contribution in [0, 0.1) is 0 Å². The molecule has 0 amide bonds. The van der Waals surface area contributed by atoms with Gasteiger partial charge >= 0.3 is 0 Å². The first-order valence-corrected chi connectivity index (χ1v) is 5.98. The minimum atomic E-state index is 0.0121. The summed E-state index contributed by atoms with van der Waals surface area (Å²) >= 11 is 0. The number of carbonyl (C=O) groups is 1. The molecular weight excluding hydrogens is 226 g/mol. The van der Waals surface area contributed by atoms with Crippen molar-refractivity contribution < 1.29 is 9.21 Å². The van der Waals surface area contributed by atoms with E-state index in [-0.39, 0.29) is 5.78 Å². The Morgan fingerprint density at radius 3 is 2.89 bits per heavy atom. The van der Waals surface area contributed by atoms with E-state index in [0.717, 1.165) is 23.1 Å². The molecule has 0 atom stereocenters. The number of H-pyrrole nitrogens is 1. The van der Waals surface area contributed by atoms with Crippen molar-refractivity contribution in [1.29, 1.82) is 0 Å². The summed E-state index contributed by atoms with van der Waals surface area (Å²) < 4.78 is 5.31. The molecule has 0 saturated carbocycles. The first kappa shape index (κ1) is 10.8. The number of hydrogen-bond donors (Lipinski definition) is 1. The van der Waals surface area contributed by atoms with Gasteiger partial charge in [-0.3, -0.25) is 4.79 Å². The van der Waals surface area contributed by atoms with Crippen LogP contribution in [0.4, 0.5) is 0 Å². The Hall–Kier alpha value is -2.29. The molecule has 3 nitrogen and oxygen atoms in total. The lowest BCUT2D eigenvalue weighted by Gasteiger charge is -1.99. The number of aromatic nitrogens is 1. The van der Waals surface area contributed by atoms with Crippen molar-refractivity contribution in [3.05, 3.63) is 59.7 Å². The van der Waals surface area contributed by atoms with Gasteiger partial charge in [-0.1, -0.05) is 25.1 Å². The number of aryl methyl sites for hydroxylation is 1. The second-order valence-corrected chi connectivity index (χ2v) is 4.19. The van der Waals surface area contributed by atoms with E-state index in [2.05, 4.69) is 4.98 Å². The van der Waals surface area contributed by atoms with Gasteiger partial charge in [0.15, 0.2) is 5.78 Å². The quantitative estimate of drug-likeness (QED) is 0.710. The Labute approximate surface area is 104 Å². The molecule has 3 rings (SSSR count). The number of hydrogen-bond acceptors (Lipinski definition) is 2. The third kappa shape index (κ3) is 1.56. The second kappa shape index (κ2) is 4.18. The molecule has 0 saturated heterocycles. The first-order chi connectivity index (χ1) is 8.81. The lowest BCUT2D eigenvalue weighted by molar-refractivity contribution is 0.103. The highest BCUT2D eigenvalue weighted by Crippen LogP contribution is 2.23. The van der Waals surface area contributed by atoms with Gasteiger partial charge < -0.3 is 9.40 Å². The van der Waals surface area contributed by atoms with Gasteiger partial charge in [0, 0.05) is 29.1 Å². The van der Waals surface area contributed by atoms with Crippen molar-refractivity contribution in [2.75, 3.05) is 0 Å². The van der Waals surface area contributed by atoms with Gasteiger partial charge in [0.05, 0.1) is 11.8 Å². The minimum Gasteiger partial charge on any atom is -0.469 e. The van der Waals surface area contributed by atoms with Crippen LogP contribution in [0.1, 0.15) is 28.6 Å². The smallest absolute Gasteiger partial charge is 0.198 e. The van der Waals surface area contributed by atoms with Crippen molar-refractivity contribution in [3.63, 3.8) is 0 Å². The van der Waals surface area contributed by atoms with E-state index in [0.29, 0.717) is 11.1 Å².